The molecular weight excluding hydrogens is 350 g/mol. The first-order chi connectivity index (χ1) is 11.9. The molecule has 0 aliphatic carbocycles. The Kier molecular flexibility index (Phi) is 5.16. The van der Waals surface area contributed by atoms with Crippen molar-refractivity contribution < 1.29 is 8.42 Å². The van der Waals surface area contributed by atoms with E-state index >= 15 is 0 Å². The third-order valence-corrected chi connectivity index (χ3v) is 8.08. The van der Waals surface area contributed by atoms with Crippen LogP contribution in [0.1, 0.15) is 26.7 Å². The third-order valence-electron chi connectivity index (χ3n) is 5.35. The first kappa shape index (κ1) is 18.3. The minimum absolute atomic E-state index is 0.210. The topological polar surface area (TPSA) is 37.4 Å². The van der Waals surface area contributed by atoms with Gasteiger partial charge in [-0.1, -0.05) is 32.0 Å². The van der Waals surface area contributed by atoms with Crippen molar-refractivity contribution in [2.75, 3.05) is 23.5 Å². The predicted octanol–water partition coefficient (Wildman–Crippen LogP) is 5.14. The van der Waals surface area contributed by atoms with E-state index in [1.165, 1.54) is 0 Å². The van der Waals surface area contributed by atoms with Crippen molar-refractivity contribution in [1.82, 2.24) is 0 Å². The van der Waals surface area contributed by atoms with Crippen LogP contribution in [0.15, 0.2) is 58.3 Å². The van der Waals surface area contributed by atoms with Crippen LogP contribution in [0.25, 0.3) is 0 Å². The van der Waals surface area contributed by atoms with Crippen LogP contribution < -0.4 is 4.90 Å². The molecule has 134 valence electrons. The number of thioether (sulfide) groups is 1. The molecule has 3 rings (SSSR count). The molecule has 0 atom stereocenters. The lowest BCUT2D eigenvalue weighted by Crippen LogP contribution is -2.37. The number of anilines is 2. The minimum Gasteiger partial charge on any atom is -0.340 e. The second-order valence-electron chi connectivity index (χ2n) is 6.72. The average Bonchev–Trinajstić information content (AvgIpc) is 2.74. The molecule has 0 N–H and O–H groups in total. The molecule has 0 radical (unpaired) electrons. The number of hydrogen-bond donors (Lipinski definition) is 0. The zero-order valence-electron chi connectivity index (χ0n) is 15.0. The summed E-state index contributed by atoms with van der Waals surface area (Å²) in [4.78, 5) is 3.74. The number of fused-ring (bicyclic) bond motifs is 1. The van der Waals surface area contributed by atoms with Gasteiger partial charge in [0.1, 0.15) is 0 Å². The Balaban J connectivity index is 2.27. The molecule has 0 amide bonds. The van der Waals surface area contributed by atoms with Crippen LogP contribution in [0.2, 0.25) is 0 Å². The number of sulfone groups is 1. The van der Waals surface area contributed by atoms with Crippen LogP contribution in [0, 0.1) is 5.41 Å². The van der Waals surface area contributed by atoms with Crippen molar-refractivity contribution in [3.63, 3.8) is 0 Å². The largest absolute Gasteiger partial charge is 0.340 e. The molecule has 1 aliphatic rings. The molecule has 5 heteroatoms. The molecule has 0 bridgehead atoms. The van der Waals surface area contributed by atoms with E-state index in [-0.39, 0.29) is 11.2 Å². The summed E-state index contributed by atoms with van der Waals surface area (Å²) >= 11 is 1.64. The molecule has 2 aromatic rings. The highest BCUT2D eigenvalue weighted by Gasteiger charge is 2.40. The zero-order valence-corrected chi connectivity index (χ0v) is 16.7. The van der Waals surface area contributed by atoms with Crippen molar-refractivity contribution in [2.45, 2.75) is 36.5 Å². The molecule has 0 saturated heterocycles. The second kappa shape index (κ2) is 7.04. The minimum atomic E-state index is -3.33. The van der Waals surface area contributed by atoms with Crippen LogP contribution in [0.4, 0.5) is 11.4 Å². The van der Waals surface area contributed by atoms with Crippen molar-refractivity contribution >= 4 is 33.0 Å². The van der Waals surface area contributed by atoms with E-state index in [1.807, 2.05) is 36.6 Å². The summed E-state index contributed by atoms with van der Waals surface area (Å²) in [6, 6.07) is 15.8. The Hall–Kier alpha value is -1.46. The molecule has 25 heavy (non-hydrogen) atoms. The molecule has 0 fully saturated rings. The Morgan fingerprint density at radius 1 is 1.08 bits per heavy atom. The fraction of sp³-hybridized carbons (Fsp3) is 0.400. The van der Waals surface area contributed by atoms with Crippen LogP contribution in [0.5, 0.6) is 0 Å². The third kappa shape index (κ3) is 3.44. The Labute approximate surface area is 155 Å². The van der Waals surface area contributed by atoms with E-state index in [0.29, 0.717) is 11.4 Å². The van der Waals surface area contributed by atoms with Gasteiger partial charge in [-0.25, -0.2) is 8.42 Å². The maximum Gasteiger partial charge on any atom is 0.181 e. The van der Waals surface area contributed by atoms with E-state index in [1.54, 1.807) is 17.8 Å². The van der Waals surface area contributed by atoms with Gasteiger partial charge in [-0.15, -0.1) is 11.8 Å². The summed E-state index contributed by atoms with van der Waals surface area (Å²) in [5, 5.41) is 0. The maximum absolute atomic E-state index is 13.2. The van der Waals surface area contributed by atoms with Gasteiger partial charge in [-0.2, -0.15) is 0 Å². The summed E-state index contributed by atoms with van der Waals surface area (Å²) in [5.41, 5.74) is 1.61. The highest BCUT2D eigenvalue weighted by Crippen LogP contribution is 2.44. The molecule has 2 aromatic carbocycles. The van der Waals surface area contributed by atoms with Crippen LogP contribution >= 0.6 is 11.8 Å². The number of rotatable bonds is 4. The van der Waals surface area contributed by atoms with Crippen molar-refractivity contribution in [1.29, 1.82) is 0 Å². The van der Waals surface area contributed by atoms with E-state index in [2.05, 4.69) is 30.9 Å². The normalized spacial score (nSPS) is 18.4. The predicted molar refractivity (Wildman–Crippen MR) is 107 cm³/mol. The highest BCUT2D eigenvalue weighted by molar-refractivity contribution is 7.98. The van der Waals surface area contributed by atoms with Gasteiger partial charge >= 0.3 is 0 Å². The lowest BCUT2D eigenvalue weighted by atomic mass is 9.83. The van der Waals surface area contributed by atoms with E-state index in [9.17, 15) is 8.42 Å². The number of para-hydroxylation sites is 1. The average molecular weight is 376 g/mol. The first-order valence-electron chi connectivity index (χ1n) is 8.68. The smallest absolute Gasteiger partial charge is 0.181 e. The Morgan fingerprint density at radius 2 is 1.76 bits per heavy atom. The van der Waals surface area contributed by atoms with Gasteiger partial charge in [0.15, 0.2) is 9.84 Å². The summed E-state index contributed by atoms with van der Waals surface area (Å²) in [7, 11) is -3.33. The quantitative estimate of drug-likeness (QED) is 0.694. The zero-order chi connectivity index (χ0) is 18.1. The molecule has 0 unspecified atom stereocenters. The van der Waals surface area contributed by atoms with E-state index < -0.39 is 9.84 Å². The summed E-state index contributed by atoms with van der Waals surface area (Å²) in [6.07, 6.45) is 3.70. The van der Waals surface area contributed by atoms with Crippen LogP contribution in [-0.2, 0) is 9.84 Å². The molecule has 1 aliphatic heterocycles. The molecule has 0 spiro atoms. The summed E-state index contributed by atoms with van der Waals surface area (Å²) in [5.74, 6) is 0.210. The number of hydrogen-bond acceptors (Lipinski definition) is 4. The SMILES string of the molecule is CCC1(CC)CN(c2ccccc2)c2cc(SC)ccc2S(=O)(=O)C1. The second-order valence-corrected chi connectivity index (χ2v) is 9.56. The lowest BCUT2D eigenvalue weighted by Gasteiger charge is -2.35. The van der Waals surface area contributed by atoms with Crippen molar-refractivity contribution in [2.24, 2.45) is 5.41 Å². The number of nitrogens with zero attached hydrogens (tertiary/aromatic N) is 1. The van der Waals surface area contributed by atoms with Gasteiger partial charge in [-0.3, -0.25) is 0 Å². The van der Waals surface area contributed by atoms with E-state index in [4.69, 9.17) is 0 Å². The molecule has 0 aromatic heterocycles. The van der Waals surface area contributed by atoms with Gasteiger partial charge in [0.2, 0.25) is 0 Å². The van der Waals surface area contributed by atoms with Gasteiger partial charge in [0.05, 0.1) is 16.3 Å². The maximum atomic E-state index is 13.2. The lowest BCUT2D eigenvalue weighted by molar-refractivity contribution is 0.313. The molecular formula is C20H25NO2S2. The summed E-state index contributed by atoms with van der Waals surface area (Å²) in [6.45, 7) is 4.92. The number of benzene rings is 2. The van der Waals surface area contributed by atoms with Crippen molar-refractivity contribution in [3.05, 3.63) is 48.5 Å². The van der Waals surface area contributed by atoms with E-state index in [0.717, 1.165) is 29.1 Å². The van der Waals surface area contributed by atoms with Crippen LogP contribution in [-0.4, -0.2) is 27.0 Å². The van der Waals surface area contributed by atoms with Crippen LogP contribution in [0.3, 0.4) is 0 Å². The Morgan fingerprint density at radius 3 is 2.36 bits per heavy atom. The fourth-order valence-corrected chi connectivity index (χ4v) is 6.22. The Bertz CT molecular complexity index is 843. The fourth-order valence-electron chi connectivity index (χ4n) is 3.56. The first-order valence-corrected chi connectivity index (χ1v) is 11.6. The van der Waals surface area contributed by atoms with Crippen molar-refractivity contribution in [3.8, 4) is 0 Å². The molecule has 3 nitrogen and oxygen atoms in total. The molecule has 1 heterocycles. The summed E-state index contributed by atoms with van der Waals surface area (Å²) < 4.78 is 26.3. The van der Waals surface area contributed by atoms with Gasteiger partial charge in [0.25, 0.3) is 0 Å². The molecule has 0 saturated carbocycles. The van der Waals surface area contributed by atoms with Gasteiger partial charge < -0.3 is 4.90 Å². The van der Waals surface area contributed by atoms with Gasteiger partial charge in [0, 0.05) is 22.5 Å². The highest BCUT2D eigenvalue weighted by atomic mass is 32.2. The monoisotopic (exact) mass is 375 g/mol. The standard InChI is InChI=1S/C20H25NO2S2/c1-4-20(5-2)14-21(16-9-7-6-8-10-16)18-13-17(24-3)11-12-19(18)25(22,23)15-20/h6-13H,4-5,14-15H2,1-3H3. The van der Waals surface area contributed by atoms with Gasteiger partial charge in [-0.05, 0) is 49.4 Å².